The molecule has 1 aromatic heterocycles. The maximum atomic E-state index is 12.7. The minimum Gasteiger partial charge on any atom is -0.486 e. The van der Waals surface area contributed by atoms with Crippen LogP contribution >= 0.6 is 0 Å². The van der Waals surface area contributed by atoms with E-state index in [2.05, 4.69) is 15.6 Å². The topological polar surface area (TPSA) is 127 Å². The number of amides is 2. The molecule has 0 spiro atoms. The van der Waals surface area contributed by atoms with Crippen molar-refractivity contribution in [1.82, 2.24) is 10.3 Å². The second kappa shape index (κ2) is 11.7. The molecule has 0 radical (unpaired) electrons. The molecule has 2 amide bonds. The van der Waals surface area contributed by atoms with Gasteiger partial charge in [-0.1, -0.05) is 18.2 Å². The largest absolute Gasteiger partial charge is 0.486 e. The van der Waals surface area contributed by atoms with Crippen molar-refractivity contribution >= 4 is 33.2 Å². The fourth-order valence-corrected chi connectivity index (χ4v) is 4.80. The number of aromatic nitrogens is 1. The third-order valence-corrected chi connectivity index (χ3v) is 6.79. The summed E-state index contributed by atoms with van der Waals surface area (Å²) in [5, 5.41) is 5.59. The van der Waals surface area contributed by atoms with Crippen LogP contribution < -0.4 is 24.4 Å². The van der Waals surface area contributed by atoms with E-state index in [0.717, 1.165) is 11.8 Å². The number of pyridine rings is 1. The number of fused-ring (bicyclic) bond motifs is 1. The average molecular weight is 525 g/mol. The molecule has 2 N–H and O–H groups in total. The molecular weight excluding hydrogens is 496 g/mol. The SMILES string of the molecule is CS(=O)(=O)N(CCCC(=O)Nc1ccccc1C(=O)NCc1cccnc1)c1ccc2c(c1)OCCO2. The quantitative estimate of drug-likeness (QED) is 0.417. The van der Waals surface area contributed by atoms with Crippen molar-refractivity contribution in [1.29, 1.82) is 0 Å². The number of anilines is 2. The lowest BCUT2D eigenvalue weighted by atomic mass is 10.1. The molecule has 2 aromatic carbocycles. The third-order valence-electron chi connectivity index (χ3n) is 5.60. The monoisotopic (exact) mass is 524 g/mol. The maximum Gasteiger partial charge on any atom is 0.253 e. The first-order valence-electron chi connectivity index (χ1n) is 11.7. The van der Waals surface area contributed by atoms with Crippen molar-refractivity contribution in [2.45, 2.75) is 19.4 Å². The van der Waals surface area contributed by atoms with Gasteiger partial charge in [-0.15, -0.1) is 0 Å². The van der Waals surface area contributed by atoms with Crippen molar-refractivity contribution in [2.75, 3.05) is 35.6 Å². The standard InChI is InChI=1S/C26H28N4O6S/c1-37(33,34)30(20-10-11-23-24(16-20)36-15-14-35-23)13-5-9-25(31)29-22-8-3-2-7-21(22)26(32)28-18-19-6-4-12-27-17-19/h2-4,6-8,10-12,16-17H,5,9,13-15,18H2,1H3,(H,28,32)(H,29,31). The van der Waals surface area contributed by atoms with Gasteiger partial charge in [-0.2, -0.15) is 0 Å². The number of benzene rings is 2. The predicted octanol–water partition coefficient (Wildman–Crippen LogP) is 2.97. The first-order valence-corrected chi connectivity index (χ1v) is 13.6. The van der Waals surface area contributed by atoms with Crippen LogP contribution in [0.4, 0.5) is 11.4 Å². The van der Waals surface area contributed by atoms with Crippen molar-refractivity contribution < 1.29 is 27.5 Å². The van der Waals surface area contributed by atoms with Gasteiger partial charge in [-0.05, 0) is 42.3 Å². The number of para-hydroxylation sites is 1. The number of carbonyl (C=O) groups excluding carboxylic acids is 2. The molecule has 0 bridgehead atoms. The number of sulfonamides is 1. The molecule has 10 nitrogen and oxygen atoms in total. The highest BCUT2D eigenvalue weighted by Gasteiger charge is 2.21. The summed E-state index contributed by atoms with van der Waals surface area (Å²) in [4.78, 5) is 29.4. The maximum absolute atomic E-state index is 12.7. The molecular formula is C26H28N4O6S. The van der Waals surface area contributed by atoms with Crippen molar-refractivity contribution in [2.24, 2.45) is 0 Å². The van der Waals surface area contributed by atoms with E-state index in [-0.39, 0.29) is 31.2 Å². The second-order valence-corrected chi connectivity index (χ2v) is 10.3. The van der Waals surface area contributed by atoms with E-state index in [1.807, 2.05) is 6.07 Å². The number of hydrogen-bond acceptors (Lipinski definition) is 7. The Balaban J connectivity index is 1.35. The van der Waals surface area contributed by atoms with Gasteiger partial charge in [0.15, 0.2) is 11.5 Å². The Bertz CT molecular complexity index is 1360. The van der Waals surface area contributed by atoms with Crippen molar-refractivity contribution in [3.63, 3.8) is 0 Å². The van der Waals surface area contributed by atoms with E-state index >= 15 is 0 Å². The first kappa shape index (κ1) is 26.0. The van der Waals surface area contributed by atoms with E-state index in [1.54, 1.807) is 60.9 Å². The van der Waals surface area contributed by atoms with E-state index in [1.165, 1.54) is 4.31 Å². The van der Waals surface area contributed by atoms with Crippen LogP contribution in [0.3, 0.4) is 0 Å². The van der Waals surface area contributed by atoms with Crippen molar-refractivity contribution in [3.8, 4) is 11.5 Å². The van der Waals surface area contributed by atoms with Gasteiger partial charge >= 0.3 is 0 Å². The van der Waals surface area contributed by atoms with Crippen LogP contribution in [0.2, 0.25) is 0 Å². The molecule has 0 saturated heterocycles. The van der Waals surface area contributed by atoms with Gasteiger partial charge < -0.3 is 20.1 Å². The number of rotatable bonds is 10. The summed E-state index contributed by atoms with van der Waals surface area (Å²) in [6.45, 7) is 1.22. The Morgan fingerprint density at radius 1 is 1.03 bits per heavy atom. The lowest BCUT2D eigenvalue weighted by Crippen LogP contribution is -2.31. The van der Waals surface area contributed by atoms with Crippen LogP contribution in [0.1, 0.15) is 28.8 Å². The molecule has 11 heteroatoms. The molecule has 0 unspecified atom stereocenters. The minimum absolute atomic E-state index is 0.0577. The van der Waals surface area contributed by atoms with Gasteiger partial charge in [0, 0.05) is 38.0 Å². The van der Waals surface area contributed by atoms with E-state index in [4.69, 9.17) is 9.47 Å². The van der Waals surface area contributed by atoms with Crippen LogP contribution in [0.5, 0.6) is 11.5 Å². The molecule has 0 saturated carbocycles. The fourth-order valence-electron chi connectivity index (χ4n) is 3.84. The Kier molecular flexibility index (Phi) is 8.24. The highest BCUT2D eigenvalue weighted by molar-refractivity contribution is 7.92. The molecule has 2 heterocycles. The lowest BCUT2D eigenvalue weighted by Gasteiger charge is -2.25. The smallest absolute Gasteiger partial charge is 0.253 e. The van der Waals surface area contributed by atoms with Crippen molar-refractivity contribution in [3.05, 3.63) is 78.1 Å². The molecule has 0 aliphatic carbocycles. The van der Waals surface area contributed by atoms with Crippen LogP contribution in [0.25, 0.3) is 0 Å². The number of ether oxygens (including phenoxy) is 2. The molecule has 1 aliphatic rings. The summed E-state index contributed by atoms with van der Waals surface area (Å²) in [6.07, 6.45) is 4.76. The summed E-state index contributed by atoms with van der Waals surface area (Å²) in [5.74, 6) is 0.379. The molecule has 0 fully saturated rings. The van der Waals surface area contributed by atoms with E-state index in [9.17, 15) is 18.0 Å². The van der Waals surface area contributed by atoms with Crippen LogP contribution in [0.15, 0.2) is 67.0 Å². The lowest BCUT2D eigenvalue weighted by molar-refractivity contribution is -0.116. The highest BCUT2D eigenvalue weighted by atomic mass is 32.2. The van der Waals surface area contributed by atoms with E-state index < -0.39 is 10.0 Å². The zero-order valence-electron chi connectivity index (χ0n) is 20.3. The van der Waals surface area contributed by atoms with Gasteiger partial charge in [-0.25, -0.2) is 8.42 Å². The average Bonchev–Trinajstić information content (AvgIpc) is 2.89. The van der Waals surface area contributed by atoms with Crippen LogP contribution in [-0.2, 0) is 21.4 Å². The minimum atomic E-state index is -3.60. The number of nitrogens with one attached hydrogen (secondary N) is 2. The number of carbonyl (C=O) groups is 2. The Morgan fingerprint density at radius 3 is 2.57 bits per heavy atom. The second-order valence-electron chi connectivity index (χ2n) is 8.40. The highest BCUT2D eigenvalue weighted by Crippen LogP contribution is 2.34. The normalized spacial score (nSPS) is 12.5. The third kappa shape index (κ3) is 6.98. The molecule has 194 valence electrons. The molecule has 37 heavy (non-hydrogen) atoms. The summed E-state index contributed by atoms with van der Waals surface area (Å²) in [6, 6.07) is 15.3. The zero-order chi connectivity index (χ0) is 26.3. The Labute approximate surface area is 215 Å². The van der Waals surface area contributed by atoms with Crippen LogP contribution in [0, 0.1) is 0 Å². The fraction of sp³-hybridized carbons (Fsp3) is 0.269. The predicted molar refractivity (Wildman–Crippen MR) is 139 cm³/mol. The Morgan fingerprint density at radius 2 is 1.81 bits per heavy atom. The van der Waals surface area contributed by atoms with Gasteiger partial charge in [-0.3, -0.25) is 18.9 Å². The summed E-state index contributed by atoms with van der Waals surface area (Å²) in [7, 11) is -3.60. The number of nitrogens with zero attached hydrogens (tertiary/aromatic N) is 2. The van der Waals surface area contributed by atoms with Gasteiger partial charge in [0.2, 0.25) is 15.9 Å². The van der Waals surface area contributed by atoms with E-state index in [0.29, 0.717) is 48.2 Å². The van der Waals surface area contributed by atoms with Gasteiger partial charge in [0.25, 0.3) is 5.91 Å². The molecule has 3 aromatic rings. The summed E-state index contributed by atoms with van der Waals surface area (Å²) >= 11 is 0. The van der Waals surface area contributed by atoms with Gasteiger partial charge in [0.1, 0.15) is 13.2 Å². The number of hydrogen-bond donors (Lipinski definition) is 2. The van der Waals surface area contributed by atoms with Gasteiger partial charge in [0.05, 0.1) is 23.2 Å². The molecule has 1 aliphatic heterocycles. The Hall–Kier alpha value is -4.12. The zero-order valence-corrected chi connectivity index (χ0v) is 21.2. The van der Waals surface area contributed by atoms with Crippen LogP contribution in [-0.4, -0.2) is 51.2 Å². The molecule has 0 atom stereocenters. The first-order chi connectivity index (χ1) is 17.8. The summed E-state index contributed by atoms with van der Waals surface area (Å²) in [5.41, 5.74) is 1.99. The summed E-state index contributed by atoms with van der Waals surface area (Å²) < 4.78 is 37.2. The molecule has 4 rings (SSSR count).